The molecule has 4 heteroatoms. The second kappa shape index (κ2) is 10.2. The fourth-order valence-electron chi connectivity index (χ4n) is 5.77. The number of anilines is 1. The van der Waals surface area contributed by atoms with Crippen LogP contribution in [0.5, 0.6) is 0 Å². The minimum Gasteiger partial charge on any atom is -0.461 e. The molecule has 3 aromatic carbocycles. The molecule has 2 heterocycles. The quantitative estimate of drug-likeness (QED) is 0.421. The van der Waals surface area contributed by atoms with Crippen molar-refractivity contribution in [3.8, 4) is 0 Å². The molecule has 2 saturated heterocycles. The molecule has 1 atom stereocenters. The van der Waals surface area contributed by atoms with Crippen LogP contribution in [0.4, 0.5) is 5.69 Å². The van der Waals surface area contributed by atoms with Crippen LogP contribution in [0.15, 0.2) is 84.9 Å². The smallest absolute Gasteiger partial charge is 0.321 e. The molecule has 2 aliphatic rings. The summed E-state index contributed by atoms with van der Waals surface area (Å²) in [4.78, 5) is 18.4. The Hall–Kier alpha value is -3.11. The monoisotopic (exact) mass is 468 g/mol. The summed E-state index contributed by atoms with van der Waals surface area (Å²) in [6, 6.07) is 29.1. The molecule has 0 spiro atoms. The van der Waals surface area contributed by atoms with Gasteiger partial charge in [-0.05, 0) is 35.1 Å². The first-order valence-corrected chi connectivity index (χ1v) is 13.0. The van der Waals surface area contributed by atoms with Gasteiger partial charge < -0.3 is 9.64 Å². The maximum Gasteiger partial charge on any atom is 0.321 e. The average molecular weight is 469 g/mol. The Balaban J connectivity index is 1.23. The first-order valence-electron chi connectivity index (χ1n) is 13.0. The van der Waals surface area contributed by atoms with E-state index < -0.39 is 5.41 Å². The Morgan fingerprint density at radius 1 is 0.829 bits per heavy atom. The molecule has 5 rings (SSSR count). The van der Waals surface area contributed by atoms with E-state index in [0.717, 1.165) is 50.3 Å². The lowest BCUT2D eigenvalue weighted by atomic mass is 9.72. The van der Waals surface area contributed by atoms with Gasteiger partial charge in [-0.25, -0.2) is 0 Å². The van der Waals surface area contributed by atoms with E-state index in [9.17, 15) is 4.79 Å². The second-order valence-corrected chi connectivity index (χ2v) is 10.2. The molecule has 182 valence electrons. The van der Waals surface area contributed by atoms with Crippen LogP contribution < -0.4 is 4.90 Å². The van der Waals surface area contributed by atoms with E-state index in [1.54, 1.807) is 0 Å². The third-order valence-electron chi connectivity index (χ3n) is 7.73. The topological polar surface area (TPSA) is 32.8 Å². The molecule has 0 radical (unpaired) electrons. The first-order chi connectivity index (χ1) is 17.1. The Morgan fingerprint density at radius 3 is 2.00 bits per heavy atom. The van der Waals surface area contributed by atoms with Crippen molar-refractivity contribution >= 4 is 11.7 Å². The van der Waals surface area contributed by atoms with Crippen molar-refractivity contribution in [1.82, 2.24) is 4.90 Å². The molecule has 2 fully saturated rings. The third-order valence-corrected chi connectivity index (χ3v) is 7.73. The molecule has 3 aromatic rings. The van der Waals surface area contributed by atoms with Crippen molar-refractivity contribution in [3.05, 3.63) is 102 Å². The number of esters is 1. The summed E-state index contributed by atoms with van der Waals surface area (Å²) < 4.78 is 6.03. The Labute approximate surface area is 209 Å². The van der Waals surface area contributed by atoms with Gasteiger partial charge >= 0.3 is 5.97 Å². The average Bonchev–Trinajstić information content (AvgIpc) is 3.25. The number of cyclic esters (lactones) is 1. The van der Waals surface area contributed by atoms with Gasteiger partial charge in [0.2, 0.25) is 0 Å². The number of hydrogen-bond donors (Lipinski definition) is 0. The third kappa shape index (κ3) is 4.72. The zero-order valence-electron chi connectivity index (χ0n) is 20.9. The van der Waals surface area contributed by atoms with Gasteiger partial charge in [0.15, 0.2) is 0 Å². The highest BCUT2D eigenvalue weighted by Crippen LogP contribution is 2.44. The summed E-state index contributed by atoms with van der Waals surface area (Å²) in [6.45, 7) is 9.63. The molecular weight excluding hydrogens is 432 g/mol. The van der Waals surface area contributed by atoms with Crippen LogP contribution in [0.2, 0.25) is 0 Å². The van der Waals surface area contributed by atoms with Crippen LogP contribution in [0.25, 0.3) is 0 Å². The Morgan fingerprint density at radius 2 is 1.40 bits per heavy atom. The van der Waals surface area contributed by atoms with Crippen LogP contribution in [-0.2, 0) is 14.9 Å². The van der Waals surface area contributed by atoms with Crippen LogP contribution in [0.3, 0.4) is 0 Å². The standard InChI is InChI=1S/C31H36N2O2/c1-24(2)28-15-9-10-16-29(28)33-21-19-32(20-22-33)18-17-27-23-31(30(34)35-27,25-11-5-3-6-12-25)26-13-7-4-8-14-26/h3-16,24,27H,17-23H2,1-2H3. The van der Waals surface area contributed by atoms with Crippen LogP contribution in [-0.4, -0.2) is 49.7 Å². The summed E-state index contributed by atoms with van der Waals surface area (Å²) in [5.74, 6) is 0.408. The number of nitrogens with zero attached hydrogens (tertiary/aromatic N) is 2. The fraction of sp³-hybridized carbons (Fsp3) is 0.387. The molecule has 2 aliphatic heterocycles. The van der Waals surface area contributed by atoms with Crippen LogP contribution in [0.1, 0.15) is 49.3 Å². The van der Waals surface area contributed by atoms with Gasteiger partial charge in [-0.2, -0.15) is 0 Å². The molecule has 4 nitrogen and oxygen atoms in total. The highest BCUT2D eigenvalue weighted by Gasteiger charge is 2.51. The van der Waals surface area contributed by atoms with Crippen molar-refractivity contribution in [2.75, 3.05) is 37.6 Å². The van der Waals surface area contributed by atoms with E-state index >= 15 is 0 Å². The number of ether oxygens (including phenoxy) is 1. The van der Waals surface area contributed by atoms with Crippen LogP contribution >= 0.6 is 0 Å². The number of carbonyl (C=O) groups excluding carboxylic acids is 1. The number of piperazine rings is 1. The predicted molar refractivity (Wildman–Crippen MR) is 142 cm³/mol. The molecule has 0 N–H and O–H groups in total. The lowest BCUT2D eigenvalue weighted by Gasteiger charge is -2.37. The summed E-state index contributed by atoms with van der Waals surface area (Å²) in [7, 11) is 0. The summed E-state index contributed by atoms with van der Waals surface area (Å²) in [6.07, 6.45) is 1.50. The maximum absolute atomic E-state index is 13.4. The predicted octanol–water partition coefficient (Wildman–Crippen LogP) is 5.62. The Bertz CT molecular complexity index is 1080. The van der Waals surface area contributed by atoms with Gasteiger partial charge in [-0.1, -0.05) is 92.7 Å². The minimum absolute atomic E-state index is 0.0670. The molecule has 0 amide bonds. The van der Waals surface area contributed by atoms with Crippen molar-refractivity contribution < 1.29 is 9.53 Å². The minimum atomic E-state index is -0.716. The number of benzene rings is 3. The van der Waals surface area contributed by atoms with Gasteiger partial charge in [-0.15, -0.1) is 0 Å². The molecule has 35 heavy (non-hydrogen) atoms. The molecule has 1 unspecified atom stereocenters. The van der Waals surface area contributed by atoms with Crippen LogP contribution in [0, 0.1) is 0 Å². The first kappa shape index (κ1) is 23.6. The van der Waals surface area contributed by atoms with Gasteiger partial charge in [0, 0.05) is 44.8 Å². The van der Waals surface area contributed by atoms with Gasteiger partial charge in [0.25, 0.3) is 0 Å². The fourth-order valence-corrected chi connectivity index (χ4v) is 5.77. The SMILES string of the molecule is CC(C)c1ccccc1N1CCN(CCC2CC(c3ccccc3)(c3ccccc3)C(=O)O2)CC1. The Kier molecular flexibility index (Phi) is 6.92. The zero-order chi connectivity index (χ0) is 24.3. The van der Waals surface area contributed by atoms with E-state index in [4.69, 9.17) is 4.74 Å². The molecule has 0 bridgehead atoms. The number of para-hydroxylation sites is 1. The molecule has 0 saturated carbocycles. The lowest BCUT2D eigenvalue weighted by molar-refractivity contribution is -0.144. The largest absolute Gasteiger partial charge is 0.461 e. The summed E-state index contributed by atoms with van der Waals surface area (Å²) in [5.41, 5.74) is 4.14. The van der Waals surface area contributed by atoms with Gasteiger partial charge in [-0.3, -0.25) is 9.69 Å². The van der Waals surface area contributed by atoms with E-state index in [2.05, 4.69) is 72.2 Å². The number of carbonyl (C=O) groups is 1. The normalized spacial score (nSPS) is 20.3. The molecule has 0 aliphatic carbocycles. The highest BCUT2D eigenvalue weighted by atomic mass is 16.6. The van der Waals surface area contributed by atoms with Gasteiger partial charge in [0.1, 0.15) is 11.5 Å². The lowest BCUT2D eigenvalue weighted by Crippen LogP contribution is -2.47. The maximum atomic E-state index is 13.4. The second-order valence-electron chi connectivity index (χ2n) is 10.2. The van der Waals surface area contributed by atoms with E-state index in [0.29, 0.717) is 12.3 Å². The van der Waals surface area contributed by atoms with E-state index in [1.807, 2.05) is 36.4 Å². The number of rotatable bonds is 7. The van der Waals surface area contributed by atoms with Crippen molar-refractivity contribution in [2.24, 2.45) is 0 Å². The van der Waals surface area contributed by atoms with E-state index in [-0.39, 0.29) is 12.1 Å². The molecule has 0 aromatic heterocycles. The van der Waals surface area contributed by atoms with E-state index in [1.165, 1.54) is 11.3 Å². The highest BCUT2D eigenvalue weighted by molar-refractivity contribution is 5.89. The van der Waals surface area contributed by atoms with Gasteiger partial charge in [0.05, 0.1) is 0 Å². The summed E-state index contributed by atoms with van der Waals surface area (Å²) in [5, 5.41) is 0. The zero-order valence-corrected chi connectivity index (χ0v) is 20.9. The van der Waals surface area contributed by atoms with Crippen molar-refractivity contribution in [2.45, 2.75) is 44.1 Å². The van der Waals surface area contributed by atoms with Crippen molar-refractivity contribution in [1.29, 1.82) is 0 Å². The van der Waals surface area contributed by atoms with Crippen molar-refractivity contribution in [3.63, 3.8) is 0 Å². The number of hydrogen-bond acceptors (Lipinski definition) is 4. The molecular formula is C31H36N2O2. The summed E-state index contributed by atoms with van der Waals surface area (Å²) >= 11 is 0.